The molecule has 4 nitrogen and oxygen atoms in total. The zero-order valence-corrected chi connectivity index (χ0v) is 9.64. The van der Waals surface area contributed by atoms with Crippen LogP contribution in [0.1, 0.15) is 17.2 Å². The van der Waals surface area contributed by atoms with E-state index < -0.39 is 12.0 Å². The molecule has 1 aromatic carbocycles. The number of carbonyl (C=O) groups is 1. The minimum absolute atomic E-state index is 0.219. The van der Waals surface area contributed by atoms with E-state index in [1.54, 1.807) is 19.2 Å². The van der Waals surface area contributed by atoms with Crippen LogP contribution in [0.25, 0.3) is 0 Å². The molecule has 1 atom stereocenters. The first-order valence-corrected chi connectivity index (χ1v) is 5.16. The van der Waals surface area contributed by atoms with Crippen LogP contribution in [0.15, 0.2) is 24.3 Å². The van der Waals surface area contributed by atoms with Crippen molar-refractivity contribution >= 4 is 5.97 Å². The van der Waals surface area contributed by atoms with Crippen molar-refractivity contribution in [2.75, 3.05) is 13.7 Å². The Bertz CT molecular complexity index is 406. The molecule has 0 aliphatic carbocycles. The minimum Gasteiger partial charge on any atom is -0.480 e. The number of rotatable bonds is 6. The van der Waals surface area contributed by atoms with Gasteiger partial charge < -0.3 is 9.84 Å². The monoisotopic (exact) mass is 233 g/mol. The van der Waals surface area contributed by atoms with Gasteiger partial charge in [0.25, 0.3) is 0 Å². The van der Waals surface area contributed by atoms with Gasteiger partial charge in [-0.2, -0.15) is 0 Å². The first kappa shape index (κ1) is 13.2. The molecule has 0 aliphatic heterocycles. The molecule has 1 unspecified atom stereocenters. The predicted molar refractivity (Wildman–Crippen MR) is 64.4 cm³/mol. The molecule has 90 valence electrons. The third kappa shape index (κ3) is 3.91. The maximum Gasteiger partial charge on any atom is 0.325 e. The molecule has 0 aliphatic rings. The highest BCUT2D eigenvalue weighted by Gasteiger charge is 2.18. The third-order valence-corrected chi connectivity index (χ3v) is 2.28. The van der Waals surface area contributed by atoms with Gasteiger partial charge in [-0.05, 0) is 11.1 Å². The van der Waals surface area contributed by atoms with Crippen LogP contribution < -0.4 is 5.32 Å². The lowest BCUT2D eigenvalue weighted by Gasteiger charge is -2.13. The van der Waals surface area contributed by atoms with Crippen molar-refractivity contribution in [1.82, 2.24) is 5.32 Å². The van der Waals surface area contributed by atoms with Crippen LogP contribution >= 0.6 is 0 Å². The van der Waals surface area contributed by atoms with E-state index in [-0.39, 0.29) is 6.54 Å². The summed E-state index contributed by atoms with van der Waals surface area (Å²) in [5, 5.41) is 11.8. The molecule has 0 radical (unpaired) electrons. The third-order valence-electron chi connectivity index (χ3n) is 2.28. The number of methoxy groups -OCH3 is 1. The van der Waals surface area contributed by atoms with E-state index in [9.17, 15) is 4.79 Å². The zero-order valence-electron chi connectivity index (χ0n) is 9.64. The Kier molecular flexibility index (Phi) is 5.21. The summed E-state index contributed by atoms with van der Waals surface area (Å²) >= 11 is 0. The largest absolute Gasteiger partial charge is 0.480 e. The number of aliphatic carboxylic acids is 1. The van der Waals surface area contributed by atoms with Crippen molar-refractivity contribution in [1.29, 1.82) is 0 Å². The molecule has 2 N–H and O–H groups in total. The van der Waals surface area contributed by atoms with Gasteiger partial charge in [-0.3, -0.25) is 10.1 Å². The van der Waals surface area contributed by atoms with Gasteiger partial charge in [-0.1, -0.05) is 30.2 Å². The molecule has 1 aromatic rings. The summed E-state index contributed by atoms with van der Waals surface area (Å²) in [5.74, 6) is 1.42. The fraction of sp³-hybridized carbons (Fsp3) is 0.308. The lowest BCUT2D eigenvalue weighted by molar-refractivity contribution is -0.139. The highest BCUT2D eigenvalue weighted by Crippen LogP contribution is 2.14. The van der Waals surface area contributed by atoms with Crippen molar-refractivity contribution < 1.29 is 14.6 Å². The van der Waals surface area contributed by atoms with Crippen molar-refractivity contribution in [3.05, 3.63) is 35.4 Å². The van der Waals surface area contributed by atoms with Crippen molar-refractivity contribution in [3.63, 3.8) is 0 Å². The number of ether oxygens (including phenoxy) is 1. The van der Waals surface area contributed by atoms with Crippen molar-refractivity contribution in [2.24, 2.45) is 0 Å². The van der Waals surface area contributed by atoms with Gasteiger partial charge in [0.2, 0.25) is 0 Å². The number of carboxylic acid groups (broad SMARTS) is 1. The molecule has 1 rings (SSSR count). The maximum absolute atomic E-state index is 11.1. The summed E-state index contributed by atoms with van der Waals surface area (Å²) < 4.78 is 4.98. The average Bonchev–Trinajstić information content (AvgIpc) is 2.31. The molecule has 4 heteroatoms. The van der Waals surface area contributed by atoms with Crippen LogP contribution in [-0.2, 0) is 16.1 Å². The summed E-state index contributed by atoms with van der Waals surface area (Å²) in [4.78, 5) is 11.1. The number of nitrogens with one attached hydrogen (secondary N) is 1. The van der Waals surface area contributed by atoms with Crippen LogP contribution in [0.2, 0.25) is 0 Å². The van der Waals surface area contributed by atoms with Crippen LogP contribution in [0.3, 0.4) is 0 Å². The molecule has 0 amide bonds. The van der Waals surface area contributed by atoms with Crippen LogP contribution in [0, 0.1) is 12.3 Å². The summed E-state index contributed by atoms with van der Waals surface area (Å²) in [6, 6.07) is 6.43. The van der Waals surface area contributed by atoms with Crippen molar-refractivity contribution in [2.45, 2.75) is 12.6 Å². The first-order valence-electron chi connectivity index (χ1n) is 5.16. The van der Waals surface area contributed by atoms with Crippen LogP contribution in [0.5, 0.6) is 0 Å². The normalized spacial score (nSPS) is 11.8. The van der Waals surface area contributed by atoms with Crippen molar-refractivity contribution in [3.8, 4) is 12.3 Å². The van der Waals surface area contributed by atoms with Gasteiger partial charge >= 0.3 is 5.97 Å². The van der Waals surface area contributed by atoms with E-state index in [0.717, 1.165) is 5.56 Å². The van der Waals surface area contributed by atoms with Gasteiger partial charge in [0.05, 0.1) is 13.2 Å². The Labute approximate surface area is 101 Å². The van der Waals surface area contributed by atoms with E-state index in [4.69, 9.17) is 16.3 Å². The van der Waals surface area contributed by atoms with Gasteiger partial charge in [0.15, 0.2) is 0 Å². The van der Waals surface area contributed by atoms with E-state index >= 15 is 0 Å². The number of hydrogen-bond acceptors (Lipinski definition) is 3. The Balaban J connectivity index is 2.80. The van der Waals surface area contributed by atoms with Gasteiger partial charge in [-0.25, -0.2) is 0 Å². The van der Waals surface area contributed by atoms with Gasteiger partial charge in [0.1, 0.15) is 6.04 Å². The molecule has 0 spiro atoms. The second kappa shape index (κ2) is 6.69. The second-order valence-electron chi connectivity index (χ2n) is 3.53. The number of benzene rings is 1. The molecule has 0 fully saturated rings. The predicted octanol–water partition coefficient (Wildman–Crippen LogP) is 1.18. The molecule has 0 saturated carbocycles. The molecular formula is C13H15NO3. The molecule has 0 saturated heterocycles. The summed E-state index contributed by atoms with van der Waals surface area (Å²) in [6.07, 6.45) is 5.10. The highest BCUT2D eigenvalue weighted by molar-refractivity contribution is 5.75. The summed E-state index contributed by atoms with van der Waals surface area (Å²) in [6.45, 7) is 0.729. The summed E-state index contributed by atoms with van der Waals surface area (Å²) in [5.41, 5.74) is 1.67. The van der Waals surface area contributed by atoms with Crippen LogP contribution in [-0.4, -0.2) is 24.7 Å². The smallest absolute Gasteiger partial charge is 0.325 e. The highest BCUT2D eigenvalue weighted by atomic mass is 16.5. The van der Waals surface area contributed by atoms with Gasteiger partial charge in [-0.15, -0.1) is 6.42 Å². The number of hydrogen-bond donors (Lipinski definition) is 2. The Morgan fingerprint density at radius 2 is 2.18 bits per heavy atom. The number of terminal acetylenes is 1. The Morgan fingerprint density at radius 1 is 1.53 bits per heavy atom. The average molecular weight is 233 g/mol. The van der Waals surface area contributed by atoms with E-state index in [1.807, 2.05) is 12.1 Å². The minimum atomic E-state index is -0.945. The molecular weight excluding hydrogens is 218 g/mol. The molecule has 17 heavy (non-hydrogen) atoms. The molecule has 0 heterocycles. The second-order valence-corrected chi connectivity index (χ2v) is 3.53. The molecule has 0 aromatic heterocycles. The first-order chi connectivity index (χ1) is 8.19. The molecule has 0 bridgehead atoms. The Morgan fingerprint density at radius 3 is 2.65 bits per heavy atom. The fourth-order valence-corrected chi connectivity index (χ4v) is 1.48. The van der Waals surface area contributed by atoms with Gasteiger partial charge in [0, 0.05) is 7.11 Å². The fourth-order valence-electron chi connectivity index (χ4n) is 1.48. The SMILES string of the molecule is C#CCNC(C(=O)O)c1ccc(COC)cc1. The quantitative estimate of drug-likeness (QED) is 0.724. The van der Waals surface area contributed by atoms with E-state index in [0.29, 0.717) is 12.2 Å². The van der Waals surface area contributed by atoms with E-state index in [1.165, 1.54) is 0 Å². The zero-order chi connectivity index (χ0) is 12.7. The Hall–Kier alpha value is -1.83. The topological polar surface area (TPSA) is 58.6 Å². The van der Waals surface area contributed by atoms with Crippen LogP contribution in [0.4, 0.5) is 0 Å². The lowest BCUT2D eigenvalue weighted by atomic mass is 10.1. The lowest BCUT2D eigenvalue weighted by Crippen LogP contribution is -2.28. The standard InChI is InChI=1S/C13H15NO3/c1-3-8-14-12(13(15)16)11-6-4-10(5-7-11)9-17-2/h1,4-7,12,14H,8-9H2,2H3,(H,15,16). The van der Waals surface area contributed by atoms with E-state index in [2.05, 4.69) is 11.2 Å². The summed E-state index contributed by atoms with van der Waals surface area (Å²) in [7, 11) is 1.61. The number of carboxylic acids is 1. The maximum atomic E-state index is 11.1.